The Morgan fingerprint density at radius 2 is 2.10 bits per heavy atom. The summed E-state index contributed by atoms with van der Waals surface area (Å²) in [5.74, 6) is 1.54. The van der Waals surface area contributed by atoms with Crippen molar-refractivity contribution in [2.75, 3.05) is 38.0 Å². The molecule has 2 amide bonds. The van der Waals surface area contributed by atoms with Gasteiger partial charge in [-0.05, 0) is 11.4 Å². The van der Waals surface area contributed by atoms with Crippen LogP contribution in [0.5, 0.6) is 0 Å². The van der Waals surface area contributed by atoms with Crippen molar-refractivity contribution < 1.29 is 14.7 Å². The van der Waals surface area contributed by atoms with Crippen LogP contribution in [0.25, 0.3) is 0 Å². The molecule has 0 atom stereocenters. The SMILES string of the molecule is C#CCN1CCN(C(=O)Nc2sccc2C(=O)O)CC1. The Balaban J connectivity index is 1.92. The Morgan fingerprint density at radius 3 is 2.70 bits per heavy atom. The highest BCUT2D eigenvalue weighted by Crippen LogP contribution is 2.23. The van der Waals surface area contributed by atoms with E-state index in [4.69, 9.17) is 11.5 Å². The molecule has 0 unspecified atom stereocenters. The van der Waals surface area contributed by atoms with E-state index in [9.17, 15) is 9.59 Å². The summed E-state index contributed by atoms with van der Waals surface area (Å²) in [5.41, 5.74) is 0.120. The predicted octanol–water partition coefficient (Wildman–Crippen LogP) is 1.23. The number of urea groups is 1. The van der Waals surface area contributed by atoms with Gasteiger partial charge in [0, 0.05) is 26.2 Å². The molecule has 106 valence electrons. The van der Waals surface area contributed by atoms with Crippen LogP contribution in [0.3, 0.4) is 0 Å². The smallest absolute Gasteiger partial charge is 0.338 e. The van der Waals surface area contributed by atoms with Gasteiger partial charge in [-0.2, -0.15) is 0 Å². The van der Waals surface area contributed by atoms with E-state index >= 15 is 0 Å². The van der Waals surface area contributed by atoms with Gasteiger partial charge in [0.1, 0.15) is 5.00 Å². The lowest BCUT2D eigenvalue weighted by Gasteiger charge is -2.33. The van der Waals surface area contributed by atoms with Gasteiger partial charge in [-0.25, -0.2) is 9.59 Å². The third-order valence-electron chi connectivity index (χ3n) is 3.09. The number of amides is 2. The zero-order chi connectivity index (χ0) is 14.5. The molecule has 6 nitrogen and oxygen atoms in total. The van der Waals surface area contributed by atoms with Crippen molar-refractivity contribution in [1.29, 1.82) is 0 Å². The van der Waals surface area contributed by atoms with Crippen molar-refractivity contribution in [3.63, 3.8) is 0 Å². The van der Waals surface area contributed by atoms with Crippen molar-refractivity contribution in [2.45, 2.75) is 0 Å². The van der Waals surface area contributed by atoms with Crippen LogP contribution in [0, 0.1) is 12.3 Å². The molecule has 1 fully saturated rings. The van der Waals surface area contributed by atoms with Gasteiger partial charge in [0.15, 0.2) is 0 Å². The molecule has 2 N–H and O–H groups in total. The van der Waals surface area contributed by atoms with E-state index < -0.39 is 5.97 Å². The van der Waals surface area contributed by atoms with Gasteiger partial charge in [-0.1, -0.05) is 5.92 Å². The van der Waals surface area contributed by atoms with Crippen LogP contribution < -0.4 is 5.32 Å². The predicted molar refractivity (Wildman–Crippen MR) is 77.1 cm³/mol. The van der Waals surface area contributed by atoms with E-state index in [0.717, 1.165) is 13.1 Å². The second-order valence-corrected chi connectivity index (χ2v) is 5.28. The van der Waals surface area contributed by atoms with Crippen molar-refractivity contribution in [2.24, 2.45) is 0 Å². The van der Waals surface area contributed by atoms with E-state index in [-0.39, 0.29) is 11.6 Å². The average Bonchev–Trinajstić information content (AvgIpc) is 2.88. The maximum atomic E-state index is 12.1. The normalized spacial score (nSPS) is 15.7. The number of anilines is 1. The van der Waals surface area contributed by atoms with E-state index in [1.165, 1.54) is 17.4 Å². The standard InChI is InChI=1S/C13H15N3O3S/c1-2-4-15-5-7-16(8-6-15)13(19)14-11-10(12(17)18)3-9-20-11/h1,3,9H,4-8H2,(H,14,19)(H,17,18). The van der Waals surface area contributed by atoms with Gasteiger partial charge < -0.3 is 10.0 Å². The monoisotopic (exact) mass is 293 g/mol. The molecule has 0 spiro atoms. The summed E-state index contributed by atoms with van der Waals surface area (Å²) < 4.78 is 0. The Kier molecular flexibility index (Phi) is 4.61. The van der Waals surface area contributed by atoms with E-state index in [1.807, 2.05) is 0 Å². The number of piperazine rings is 1. The fourth-order valence-electron chi connectivity index (χ4n) is 1.99. The summed E-state index contributed by atoms with van der Waals surface area (Å²) >= 11 is 1.20. The number of carboxylic acid groups (broad SMARTS) is 1. The van der Waals surface area contributed by atoms with Gasteiger partial charge in [0.25, 0.3) is 0 Å². The van der Waals surface area contributed by atoms with Gasteiger partial charge >= 0.3 is 12.0 Å². The molecule has 1 aromatic rings. The average molecular weight is 293 g/mol. The molecule has 20 heavy (non-hydrogen) atoms. The lowest BCUT2D eigenvalue weighted by Crippen LogP contribution is -2.50. The number of terminal acetylenes is 1. The van der Waals surface area contributed by atoms with E-state index in [1.54, 1.807) is 10.3 Å². The quantitative estimate of drug-likeness (QED) is 0.822. The molecular weight excluding hydrogens is 278 g/mol. The zero-order valence-electron chi connectivity index (χ0n) is 10.8. The summed E-state index contributed by atoms with van der Waals surface area (Å²) in [4.78, 5) is 26.8. The minimum atomic E-state index is -1.04. The van der Waals surface area contributed by atoms with Crippen molar-refractivity contribution in [3.8, 4) is 12.3 Å². The minimum absolute atomic E-state index is 0.120. The lowest BCUT2D eigenvalue weighted by molar-refractivity contribution is 0.0698. The third-order valence-corrected chi connectivity index (χ3v) is 3.92. The Labute approximate surface area is 121 Å². The Bertz CT molecular complexity index is 541. The molecule has 0 aromatic carbocycles. The van der Waals surface area contributed by atoms with Crippen LogP contribution in [0.4, 0.5) is 9.80 Å². The van der Waals surface area contributed by atoms with Gasteiger partial charge in [-0.3, -0.25) is 10.2 Å². The second kappa shape index (κ2) is 6.41. The maximum Gasteiger partial charge on any atom is 0.338 e. The second-order valence-electron chi connectivity index (χ2n) is 4.37. The summed E-state index contributed by atoms with van der Waals surface area (Å²) in [7, 11) is 0. The van der Waals surface area contributed by atoms with Crippen LogP contribution in [0.15, 0.2) is 11.4 Å². The fraction of sp³-hybridized carbons (Fsp3) is 0.385. The fourth-order valence-corrected chi connectivity index (χ4v) is 2.76. The first-order valence-corrected chi connectivity index (χ1v) is 7.02. The van der Waals surface area contributed by atoms with Gasteiger partial charge in [-0.15, -0.1) is 17.8 Å². The first kappa shape index (κ1) is 14.4. The van der Waals surface area contributed by atoms with Crippen LogP contribution in [-0.2, 0) is 0 Å². The number of nitrogens with zero attached hydrogens (tertiary/aromatic N) is 2. The number of rotatable bonds is 3. The first-order chi connectivity index (χ1) is 9.61. The number of hydrogen-bond donors (Lipinski definition) is 2. The Morgan fingerprint density at radius 1 is 1.40 bits per heavy atom. The van der Waals surface area contributed by atoms with Gasteiger partial charge in [0.2, 0.25) is 0 Å². The third kappa shape index (κ3) is 3.29. The summed E-state index contributed by atoms with van der Waals surface area (Å²) in [5, 5.41) is 13.7. The number of hydrogen-bond acceptors (Lipinski definition) is 4. The maximum absolute atomic E-state index is 12.1. The van der Waals surface area contributed by atoms with Crippen molar-refractivity contribution >= 4 is 28.3 Å². The molecule has 1 aromatic heterocycles. The highest BCUT2D eigenvalue weighted by atomic mass is 32.1. The number of carboxylic acids is 1. The number of thiophene rings is 1. The number of aromatic carboxylic acids is 1. The van der Waals surface area contributed by atoms with Gasteiger partial charge in [0.05, 0.1) is 12.1 Å². The zero-order valence-corrected chi connectivity index (χ0v) is 11.7. The first-order valence-electron chi connectivity index (χ1n) is 6.14. The minimum Gasteiger partial charge on any atom is -0.478 e. The molecule has 0 saturated carbocycles. The molecule has 1 saturated heterocycles. The largest absolute Gasteiger partial charge is 0.478 e. The van der Waals surface area contributed by atoms with Crippen molar-refractivity contribution in [1.82, 2.24) is 9.80 Å². The molecule has 0 aliphatic carbocycles. The molecule has 2 rings (SSSR count). The molecular formula is C13H15N3O3S. The van der Waals surface area contributed by atoms with Crippen LogP contribution in [-0.4, -0.2) is 59.6 Å². The summed E-state index contributed by atoms with van der Waals surface area (Å²) in [6, 6.07) is 1.21. The van der Waals surface area contributed by atoms with E-state index in [0.29, 0.717) is 24.6 Å². The molecule has 7 heteroatoms. The summed E-state index contributed by atoms with van der Waals surface area (Å²) in [6.45, 7) is 3.22. The number of carbonyl (C=O) groups excluding carboxylic acids is 1. The molecule has 0 radical (unpaired) electrons. The molecule has 1 aliphatic rings. The van der Waals surface area contributed by atoms with Crippen LogP contribution in [0.2, 0.25) is 0 Å². The van der Waals surface area contributed by atoms with Crippen LogP contribution in [0.1, 0.15) is 10.4 Å². The lowest BCUT2D eigenvalue weighted by atomic mass is 10.3. The highest BCUT2D eigenvalue weighted by Gasteiger charge is 2.22. The molecule has 0 bridgehead atoms. The van der Waals surface area contributed by atoms with E-state index in [2.05, 4.69) is 16.1 Å². The van der Waals surface area contributed by atoms with Crippen LogP contribution >= 0.6 is 11.3 Å². The van der Waals surface area contributed by atoms with Crippen molar-refractivity contribution in [3.05, 3.63) is 17.0 Å². The molecule has 2 heterocycles. The topological polar surface area (TPSA) is 72.9 Å². The summed E-state index contributed by atoms with van der Waals surface area (Å²) in [6.07, 6.45) is 5.25. The highest BCUT2D eigenvalue weighted by molar-refractivity contribution is 7.14. The molecule has 1 aliphatic heterocycles. The Hall–Kier alpha value is -2.04. The number of carbonyl (C=O) groups is 2. The number of nitrogens with one attached hydrogen (secondary N) is 1.